The van der Waals surface area contributed by atoms with Gasteiger partial charge in [-0.15, -0.1) is 11.6 Å². The first-order valence-electron chi connectivity index (χ1n) is 5.65. The van der Waals surface area contributed by atoms with Gasteiger partial charge in [-0.3, -0.25) is 0 Å². The lowest BCUT2D eigenvalue weighted by Crippen LogP contribution is -2.29. The summed E-state index contributed by atoms with van der Waals surface area (Å²) in [6.45, 7) is 5.99. The third-order valence-corrected chi connectivity index (χ3v) is 3.63. The summed E-state index contributed by atoms with van der Waals surface area (Å²) in [6.07, 6.45) is 0.978. The normalized spacial score (nSPS) is 11.8. The second-order valence-electron chi connectivity index (χ2n) is 4.94. The van der Waals surface area contributed by atoms with E-state index in [1.807, 2.05) is 0 Å². The average molecular weight is 323 g/mol. The SMILES string of the molecule is CC(C)(CCCl)CNCc1ccc(F)cc1Br. The van der Waals surface area contributed by atoms with Crippen LogP contribution >= 0.6 is 27.5 Å². The number of benzene rings is 1. The van der Waals surface area contributed by atoms with Crippen molar-refractivity contribution in [1.82, 2.24) is 5.32 Å². The highest BCUT2D eigenvalue weighted by Crippen LogP contribution is 2.21. The van der Waals surface area contributed by atoms with E-state index in [0.717, 1.165) is 29.5 Å². The Labute approximate surface area is 116 Å². The molecule has 0 aliphatic carbocycles. The van der Waals surface area contributed by atoms with Crippen LogP contribution in [0.15, 0.2) is 22.7 Å². The molecular weight excluding hydrogens is 305 g/mol. The fraction of sp³-hybridized carbons (Fsp3) is 0.538. The van der Waals surface area contributed by atoms with Crippen molar-refractivity contribution in [3.05, 3.63) is 34.1 Å². The average Bonchev–Trinajstić information content (AvgIpc) is 2.21. The predicted octanol–water partition coefficient (Wildman–Crippen LogP) is 4.33. The molecule has 0 aromatic heterocycles. The van der Waals surface area contributed by atoms with E-state index in [0.29, 0.717) is 5.88 Å². The first-order valence-corrected chi connectivity index (χ1v) is 6.98. The second kappa shape index (κ2) is 6.72. The number of hydrogen-bond acceptors (Lipinski definition) is 1. The van der Waals surface area contributed by atoms with Gasteiger partial charge < -0.3 is 5.32 Å². The zero-order valence-corrected chi connectivity index (χ0v) is 12.5. The van der Waals surface area contributed by atoms with E-state index in [9.17, 15) is 4.39 Å². The van der Waals surface area contributed by atoms with Crippen LogP contribution in [-0.4, -0.2) is 12.4 Å². The molecule has 17 heavy (non-hydrogen) atoms. The van der Waals surface area contributed by atoms with E-state index in [1.54, 1.807) is 6.07 Å². The summed E-state index contributed by atoms with van der Waals surface area (Å²) in [5.41, 5.74) is 1.25. The maximum Gasteiger partial charge on any atom is 0.124 e. The maximum absolute atomic E-state index is 12.9. The topological polar surface area (TPSA) is 12.0 Å². The Kier molecular flexibility index (Phi) is 5.90. The first-order chi connectivity index (χ1) is 7.94. The molecular formula is C13H18BrClFN. The molecule has 1 aromatic carbocycles. The summed E-state index contributed by atoms with van der Waals surface area (Å²) in [6, 6.07) is 4.76. The van der Waals surface area contributed by atoms with Crippen LogP contribution in [0.1, 0.15) is 25.8 Å². The van der Waals surface area contributed by atoms with Gasteiger partial charge in [-0.1, -0.05) is 35.8 Å². The van der Waals surface area contributed by atoms with Gasteiger partial charge in [0.15, 0.2) is 0 Å². The van der Waals surface area contributed by atoms with Crippen molar-refractivity contribution >= 4 is 27.5 Å². The first kappa shape index (κ1) is 14.9. The van der Waals surface area contributed by atoms with Gasteiger partial charge in [0.2, 0.25) is 0 Å². The van der Waals surface area contributed by atoms with Crippen molar-refractivity contribution in [3.63, 3.8) is 0 Å². The Morgan fingerprint density at radius 3 is 2.71 bits per heavy atom. The van der Waals surface area contributed by atoms with E-state index in [1.165, 1.54) is 12.1 Å². The molecule has 0 spiro atoms. The highest BCUT2D eigenvalue weighted by molar-refractivity contribution is 9.10. The van der Waals surface area contributed by atoms with Gasteiger partial charge in [0.05, 0.1) is 0 Å². The third-order valence-electron chi connectivity index (χ3n) is 2.71. The van der Waals surface area contributed by atoms with Crippen LogP contribution in [-0.2, 0) is 6.54 Å². The van der Waals surface area contributed by atoms with E-state index < -0.39 is 0 Å². The van der Waals surface area contributed by atoms with Gasteiger partial charge in [0, 0.05) is 23.4 Å². The molecule has 0 unspecified atom stereocenters. The van der Waals surface area contributed by atoms with Gasteiger partial charge >= 0.3 is 0 Å². The fourth-order valence-electron chi connectivity index (χ4n) is 1.54. The lowest BCUT2D eigenvalue weighted by atomic mass is 9.90. The van der Waals surface area contributed by atoms with Crippen LogP contribution < -0.4 is 5.32 Å². The standard InChI is InChI=1S/C13H18BrClFN/c1-13(2,5-6-15)9-17-8-10-3-4-11(16)7-12(10)14/h3-4,7,17H,5-6,8-9H2,1-2H3. The molecule has 96 valence electrons. The molecule has 0 amide bonds. The quantitative estimate of drug-likeness (QED) is 0.769. The molecule has 0 saturated carbocycles. The molecule has 0 aliphatic heterocycles. The summed E-state index contributed by atoms with van der Waals surface area (Å²) in [5.74, 6) is 0.456. The minimum absolute atomic E-state index is 0.189. The van der Waals surface area contributed by atoms with Gasteiger partial charge in [0.25, 0.3) is 0 Å². The van der Waals surface area contributed by atoms with Crippen molar-refractivity contribution in [3.8, 4) is 0 Å². The second-order valence-corrected chi connectivity index (χ2v) is 6.17. The summed E-state index contributed by atoms with van der Waals surface area (Å²) in [7, 11) is 0. The van der Waals surface area contributed by atoms with Crippen molar-refractivity contribution in [2.45, 2.75) is 26.8 Å². The molecule has 0 atom stereocenters. The van der Waals surface area contributed by atoms with Crippen LogP contribution in [0.4, 0.5) is 4.39 Å². The highest BCUT2D eigenvalue weighted by Gasteiger charge is 2.16. The van der Waals surface area contributed by atoms with Gasteiger partial charge in [-0.25, -0.2) is 4.39 Å². The number of alkyl halides is 1. The zero-order valence-electron chi connectivity index (χ0n) is 10.2. The Morgan fingerprint density at radius 2 is 2.12 bits per heavy atom. The number of rotatable bonds is 6. The Balaban J connectivity index is 2.46. The van der Waals surface area contributed by atoms with Gasteiger partial charge in [-0.2, -0.15) is 0 Å². The molecule has 4 heteroatoms. The lowest BCUT2D eigenvalue weighted by molar-refractivity contribution is 0.329. The Hall–Kier alpha value is -0.120. The highest BCUT2D eigenvalue weighted by atomic mass is 79.9. The van der Waals surface area contributed by atoms with E-state index in [4.69, 9.17) is 11.6 Å². The molecule has 1 N–H and O–H groups in total. The number of halogens is 3. The van der Waals surface area contributed by atoms with E-state index in [2.05, 4.69) is 35.1 Å². The van der Waals surface area contributed by atoms with Crippen molar-refractivity contribution in [2.75, 3.05) is 12.4 Å². The Morgan fingerprint density at radius 1 is 1.41 bits per heavy atom. The summed E-state index contributed by atoms with van der Waals surface area (Å²) >= 11 is 9.11. The molecule has 0 heterocycles. The van der Waals surface area contributed by atoms with Crippen LogP contribution in [0.3, 0.4) is 0 Å². The van der Waals surface area contributed by atoms with Crippen LogP contribution in [0.2, 0.25) is 0 Å². The summed E-state index contributed by atoms with van der Waals surface area (Å²) < 4.78 is 13.7. The molecule has 0 fully saturated rings. The minimum Gasteiger partial charge on any atom is -0.312 e. The Bertz CT molecular complexity index is 368. The number of nitrogens with one attached hydrogen (secondary N) is 1. The van der Waals surface area contributed by atoms with Crippen molar-refractivity contribution < 1.29 is 4.39 Å². The minimum atomic E-state index is -0.219. The molecule has 1 aromatic rings. The van der Waals surface area contributed by atoms with E-state index in [-0.39, 0.29) is 11.2 Å². The number of hydrogen-bond donors (Lipinski definition) is 1. The molecule has 1 nitrogen and oxygen atoms in total. The maximum atomic E-state index is 12.9. The summed E-state index contributed by atoms with van der Waals surface area (Å²) in [5, 5.41) is 3.38. The molecule has 1 rings (SSSR count). The molecule has 0 bridgehead atoms. The lowest BCUT2D eigenvalue weighted by Gasteiger charge is -2.24. The smallest absolute Gasteiger partial charge is 0.124 e. The predicted molar refractivity (Wildman–Crippen MR) is 74.9 cm³/mol. The van der Waals surface area contributed by atoms with Crippen LogP contribution in [0.5, 0.6) is 0 Å². The molecule has 0 aliphatic rings. The van der Waals surface area contributed by atoms with Crippen LogP contribution in [0.25, 0.3) is 0 Å². The fourth-order valence-corrected chi connectivity index (χ4v) is 2.55. The molecule has 0 radical (unpaired) electrons. The largest absolute Gasteiger partial charge is 0.312 e. The third kappa shape index (κ3) is 5.36. The van der Waals surface area contributed by atoms with Gasteiger partial charge in [-0.05, 0) is 29.5 Å². The monoisotopic (exact) mass is 321 g/mol. The van der Waals surface area contributed by atoms with E-state index >= 15 is 0 Å². The van der Waals surface area contributed by atoms with Crippen LogP contribution in [0, 0.1) is 11.2 Å². The summed E-state index contributed by atoms with van der Waals surface area (Å²) in [4.78, 5) is 0. The zero-order chi connectivity index (χ0) is 12.9. The van der Waals surface area contributed by atoms with Crippen molar-refractivity contribution in [2.24, 2.45) is 5.41 Å². The van der Waals surface area contributed by atoms with Gasteiger partial charge in [0.1, 0.15) is 5.82 Å². The molecule has 0 saturated heterocycles. The van der Waals surface area contributed by atoms with Crippen molar-refractivity contribution in [1.29, 1.82) is 0 Å².